The van der Waals surface area contributed by atoms with Gasteiger partial charge in [-0.1, -0.05) is 0 Å². The van der Waals surface area contributed by atoms with Gasteiger partial charge >= 0.3 is 212 Å². The standard InChI is InChI=1S/C20H29NO.C9H7NO.Ga/c1-4-6-8-16(5-2)11-10-15(3)18-13-12-17-9-7-14-21-19(17)20(18)22;11-8-5-1-3-7-4-2-6-10-9(7)8;/h7,9,12-16,22H,4-6,8,10-11H2,1-3H3;1-6,11H;/q;;+2/p-2. The number of pyridine rings is 2. The SMILES string of the molecule is CCCCC(CC)CCC(C)c1ccc2cccnc2c1[O][Ga][O]c1cccc2cccnc12. The third-order valence-corrected chi connectivity index (χ3v) is 8.21. The number of aromatic nitrogens is 2. The van der Waals surface area contributed by atoms with Crippen molar-refractivity contribution in [3.8, 4) is 11.5 Å². The Morgan fingerprint density at radius 2 is 1.53 bits per heavy atom. The molecule has 5 heteroatoms. The molecule has 0 spiro atoms. The predicted molar refractivity (Wildman–Crippen MR) is 141 cm³/mol. The summed E-state index contributed by atoms with van der Waals surface area (Å²) in [6.07, 6.45) is 11.3. The van der Waals surface area contributed by atoms with E-state index < -0.39 is 18.1 Å². The zero-order valence-electron chi connectivity index (χ0n) is 20.5. The first-order valence-electron chi connectivity index (χ1n) is 12.6. The van der Waals surface area contributed by atoms with Gasteiger partial charge in [-0.05, 0) is 0 Å². The summed E-state index contributed by atoms with van der Waals surface area (Å²) in [6.45, 7) is 6.93. The quantitative estimate of drug-likeness (QED) is 0.181. The van der Waals surface area contributed by atoms with E-state index in [0.29, 0.717) is 5.92 Å². The van der Waals surface area contributed by atoms with Crippen LogP contribution >= 0.6 is 0 Å². The molecule has 0 saturated heterocycles. The van der Waals surface area contributed by atoms with Gasteiger partial charge in [-0.2, -0.15) is 0 Å². The third kappa shape index (κ3) is 5.94. The summed E-state index contributed by atoms with van der Waals surface area (Å²) in [6, 6.07) is 18.5. The molecule has 4 nitrogen and oxygen atoms in total. The molecule has 0 aliphatic rings. The summed E-state index contributed by atoms with van der Waals surface area (Å²) in [5.74, 6) is 2.92. The molecule has 0 aliphatic carbocycles. The fraction of sp³-hybridized carbons (Fsp3) is 0.379. The average Bonchev–Trinajstić information content (AvgIpc) is 2.88. The van der Waals surface area contributed by atoms with Gasteiger partial charge in [-0.3, -0.25) is 0 Å². The Kier molecular flexibility index (Phi) is 8.89. The molecule has 0 N–H and O–H groups in total. The van der Waals surface area contributed by atoms with Crippen molar-refractivity contribution >= 4 is 39.9 Å². The summed E-state index contributed by atoms with van der Waals surface area (Å²) in [4.78, 5) is 9.19. The van der Waals surface area contributed by atoms with Crippen molar-refractivity contribution in [1.82, 2.24) is 9.97 Å². The fourth-order valence-corrected chi connectivity index (χ4v) is 6.07. The number of rotatable bonds is 12. The molecule has 0 saturated carbocycles. The molecule has 4 rings (SSSR count). The molecule has 0 aliphatic heterocycles. The molecular weight excluding hydrogens is 478 g/mol. The maximum atomic E-state index is 6.47. The van der Waals surface area contributed by atoms with Gasteiger partial charge in [0.25, 0.3) is 0 Å². The van der Waals surface area contributed by atoms with Gasteiger partial charge in [0.05, 0.1) is 0 Å². The molecule has 175 valence electrons. The third-order valence-electron chi connectivity index (χ3n) is 6.78. The number of unbranched alkanes of at least 4 members (excludes halogenated alkanes) is 1. The Morgan fingerprint density at radius 3 is 2.29 bits per heavy atom. The normalized spacial score (nSPS) is 13.0. The number of para-hydroxylation sites is 1. The number of hydrogen-bond acceptors (Lipinski definition) is 4. The van der Waals surface area contributed by atoms with Crippen molar-refractivity contribution in [1.29, 1.82) is 0 Å². The Morgan fingerprint density at radius 1 is 0.794 bits per heavy atom. The summed E-state index contributed by atoms with van der Waals surface area (Å²) < 4.78 is 12.7. The monoisotopic (exact) mass is 511 g/mol. The zero-order valence-corrected chi connectivity index (χ0v) is 23.0. The minimum absolute atomic E-state index is 0.410. The van der Waals surface area contributed by atoms with Crippen LogP contribution in [0, 0.1) is 5.92 Å². The van der Waals surface area contributed by atoms with E-state index in [1.54, 1.807) is 6.20 Å². The second kappa shape index (κ2) is 12.3. The number of nitrogens with zero attached hydrogens (tertiary/aromatic N) is 2. The Bertz CT molecular complexity index is 1210. The molecule has 2 aromatic heterocycles. The van der Waals surface area contributed by atoms with E-state index in [9.17, 15) is 0 Å². The van der Waals surface area contributed by atoms with Gasteiger partial charge in [-0.25, -0.2) is 0 Å². The zero-order chi connectivity index (χ0) is 23.8. The van der Waals surface area contributed by atoms with E-state index in [4.69, 9.17) is 7.06 Å². The molecule has 1 radical (unpaired) electrons. The van der Waals surface area contributed by atoms with Gasteiger partial charge < -0.3 is 0 Å². The van der Waals surface area contributed by atoms with Crippen LogP contribution in [0.25, 0.3) is 21.8 Å². The summed E-state index contributed by atoms with van der Waals surface area (Å²) in [7, 11) is 0. The average molecular weight is 512 g/mol. The molecule has 4 aromatic rings. The molecule has 2 atom stereocenters. The van der Waals surface area contributed by atoms with Crippen LogP contribution in [-0.2, 0) is 0 Å². The van der Waals surface area contributed by atoms with E-state index in [1.165, 1.54) is 37.7 Å². The molecule has 0 bridgehead atoms. The van der Waals surface area contributed by atoms with Crippen molar-refractivity contribution < 1.29 is 7.06 Å². The topological polar surface area (TPSA) is 44.2 Å². The van der Waals surface area contributed by atoms with Crippen LogP contribution in [-0.4, -0.2) is 28.1 Å². The summed E-state index contributed by atoms with van der Waals surface area (Å²) in [5.41, 5.74) is 3.06. The summed E-state index contributed by atoms with van der Waals surface area (Å²) >= 11 is -1.52. The van der Waals surface area contributed by atoms with Crippen LogP contribution in [0.1, 0.15) is 70.8 Å². The van der Waals surface area contributed by atoms with E-state index in [1.807, 2.05) is 30.5 Å². The van der Waals surface area contributed by atoms with Gasteiger partial charge in [-0.15, -0.1) is 0 Å². The van der Waals surface area contributed by atoms with Crippen LogP contribution in [0.5, 0.6) is 11.5 Å². The van der Waals surface area contributed by atoms with Crippen LogP contribution in [0.3, 0.4) is 0 Å². The molecule has 2 unspecified atom stereocenters. The Balaban J connectivity index is 1.52. The van der Waals surface area contributed by atoms with Crippen LogP contribution in [0.15, 0.2) is 67.0 Å². The first kappa shape index (κ1) is 24.6. The first-order chi connectivity index (χ1) is 16.7. The molecule has 34 heavy (non-hydrogen) atoms. The van der Waals surface area contributed by atoms with Crippen molar-refractivity contribution in [2.24, 2.45) is 5.92 Å². The second-order valence-electron chi connectivity index (χ2n) is 9.12. The minimum atomic E-state index is -1.52. The van der Waals surface area contributed by atoms with Crippen LogP contribution in [0.2, 0.25) is 0 Å². The first-order valence-corrected chi connectivity index (χ1v) is 14.5. The van der Waals surface area contributed by atoms with E-state index >= 15 is 0 Å². The van der Waals surface area contributed by atoms with Crippen LogP contribution in [0.4, 0.5) is 0 Å². The fourth-order valence-electron chi connectivity index (χ4n) is 4.63. The van der Waals surface area contributed by atoms with Crippen molar-refractivity contribution in [3.05, 3.63) is 72.6 Å². The number of hydrogen-bond donors (Lipinski definition) is 0. The molecule has 2 aromatic carbocycles. The second-order valence-corrected chi connectivity index (χ2v) is 10.5. The Labute approximate surface area is 211 Å². The molecule has 0 fully saturated rings. The van der Waals surface area contributed by atoms with Crippen LogP contribution < -0.4 is 7.06 Å². The Hall–Kier alpha value is -2.50. The number of fused-ring (bicyclic) bond motifs is 2. The van der Waals surface area contributed by atoms with E-state index in [-0.39, 0.29) is 0 Å². The predicted octanol–water partition coefficient (Wildman–Crippen LogP) is 7.88. The van der Waals surface area contributed by atoms with Crippen molar-refractivity contribution in [3.63, 3.8) is 0 Å². The van der Waals surface area contributed by atoms with Crippen molar-refractivity contribution in [2.75, 3.05) is 0 Å². The number of benzene rings is 2. The molecule has 2 heterocycles. The van der Waals surface area contributed by atoms with Crippen molar-refractivity contribution in [2.45, 2.75) is 65.2 Å². The summed E-state index contributed by atoms with van der Waals surface area (Å²) in [5, 5.41) is 2.18. The maximum absolute atomic E-state index is 6.47. The van der Waals surface area contributed by atoms with Gasteiger partial charge in [0.15, 0.2) is 0 Å². The van der Waals surface area contributed by atoms with Gasteiger partial charge in [0, 0.05) is 0 Å². The van der Waals surface area contributed by atoms with Gasteiger partial charge in [0.1, 0.15) is 0 Å². The van der Waals surface area contributed by atoms with Gasteiger partial charge in [0.2, 0.25) is 0 Å². The molecular formula is C29H34GaN2O2. The van der Waals surface area contributed by atoms with E-state index in [0.717, 1.165) is 45.6 Å². The van der Waals surface area contributed by atoms with E-state index in [2.05, 4.69) is 61.1 Å². The molecule has 0 amide bonds.